The van der Waals surface area contributed by atoms with E-state index in [9.17, 15) is 14.4 Å². The van der Waals surface area contributed by atoms with Crippen molar-refractivity contribution in [3.05, 3.63) is 77.4 Å². The molecule has 0 aromatic heterocycles. The first-order valence-electron chi connectivity index (χ1n) is 12.9. The zero-order valence-electron chi connectivity index (χ0n) is 21.0. The standard InChI is InChI=1S/C30H33N3O3/c1-3-25(29(35)31-23-10-4-5-11-23)32(18-21-16-14-20(2)15-17-21)27(34)19-33-26-13-7-9-22-8-6-12-24(28(22)26)30(33)36/h6-9,12-17,23,25H,3-5,10-11,18-19H2,1-2H3,(H,31,35)/t25-/m1/s1. The van der Waals surface area contributed by atoms with Crippen LogP contribution in [0, 0.1) is 6.92 Å². The topological polar surface area (TPSA) is 69.7 Å². The highest BCUT2D eigenvalue weighted by Crippen LogP contribution is 2.37. The van der Waals surface area contributed by atoms with Gasteiger partial charge in [-0.05, 0) is 49.3 Å². The van der Waals surface area contributed by atoms with Gasteiger partial charge in [0.15, 0.2) is 0 Å². The summed E-state index contributed by atoms with van der Waals surface area (Å²) >= 11 is 0. The smallest absolute Gasteiger partial charge is 0.259 e. The van der Waals surface area contributed by atoms with Crippen LogP contribution in [0.2, 0.25) is 0 Å². The molecule has 0 spiro atoms. The third-order valence-corrected chi connectivity index (χ3v) is 7.50. The van der Waals surface area contributed by atoms with Crippen molar-refractivity contribution in [1.82, 2.24) is 10.2 Å². The van der Waals surface area contributed by atoms with Crippen LogP contribution in [0.25, 0.3) is 10.8 Å². The van der Waals surface area contributed by atoms with Crippen LogP contribution in [0.15, 0.2) is 60.7 Å². The molecule has 1 saturated carbocycles. The summed E-state index contributed by atoms with van der Waals surface area (Å²) in [6.45, 7) is 4.17. The summed E-state index contributed by atoms with van der Waals surface area (Å²) in [7, 11) is 0. The Labute approximate surface area is 212 Å². The molecule has 1 N–H and O–H groups in total. The van der Waals surface area contributed by atoms with Gasteiger partial charge in [0.25, 0.3) is 5.91 Å². The van der Waals surface area contributed by atoms with Gasteiger partial charge >= 0.3 is 0 Å². The fraction of sp³-hybridized carbons (Fsp3) is 0.367. The molecule has 5 rings (SSSR count). The lowest BCUT2D eigenvalue weighted by Gasteiger charge is -2.33. The van der Waals surface area contributed by atoms with Gasteiger partial charge in [-0.25, -0.2) is 0 Å². The molecule has 0 unspecified atom stereocenters. The summed E-state index contributed by atoms with van der Waals surface area (Å²) in [5.74, 6) is -0.515. The monoisotopic (exact) mass is 483 g/mol. The Morgan fingerprint density at radius 1 is 1.03 bits per heavy atom. The molecule has 3 aromatic carbocycles. The third-order valence-electron chi connectivity index (χ3n) is 7.50. The molecule has 3 amide bonds. The Balaban J connectivity index is 1.43. The number of aryl methyl sites for hydroxylation is 1. The van der Waals surface area contributed by atoms with Gasteiger partial charge in [-0.2, -0.15) is 0 Å². The minimum Gasteiger partial charge on any atom is -0.352 e. The summed E-state index contributed by atoms with van der Waals surface area (Å²) < 4.78 is 0. The SMILES string of the molecule is CC[C@H](C(=O)NC1CCCC1)N(Cc1ccc(C)cc1)C(=O)CN1C(=O)c2cccc3cccc1c23. The first kappa shape index (κ1) is 24.0. The van der Waals surface area contributed by atoms with E-state index in [-0.39, 0.29) is 30.3 Å². The molecule has 1 aliphatic heterocycles. The van der Waals surface area contributed by atoms with Gasteiger partial charge in [0.1, 0.15) is 12.6 Å². The summed E-state index contributed by atoms with van der Waals surface area (Å²) in [5.41, 5.74) is 3.46. The average molecular weight is 484 g/mol. The van der Waals surface area contributed by atoms with Crippen LogP contribution in [0.4, 0.5) is 5.69 Å². The van der Waals surface area contributed by atoms with Crippen molar-refractivity contribution >= 4 is 34.2 Å². The van der Waals surface area contributed by atoms with Gasteiger partial charge in [0.2, 0.25) is 11.8 Å². The summed E-state index contributed by atoms with van der Waals surface area (Å²) in [5, 5.41) is 5.04. The Morgan fingerprint density at radius 3 is 2.42 bits per heavy atom. The number of carbonyl (C=O) groups is 3. The second-order valence-corrected chi connectivity index (χ2v) is 9.99. The number of hydrogen-bond donors (Lipinski definition) is 1. The molecule has 0 saturated heterocycles. The van der Waals surface area contributed by atoms with Crippen LogP contribution in [-0.2, 0) is 16.1 Å². The Hall–Kier alpha value is -3.67. The second kappa shape index (κ2) is 10.1. The molecule has 3 aromatic rings. The van der Waals surface area contributed by atoms with E-state index in [4.69, 9.17) is 0 Å². The molecule has 1 fully saturated rings. The molecule has 2 aliphatic rings. The molecule has 36 heavy (non-hydrogen) atoms. The van der Waals surface area contributed by atoms with Crippen LogP contribution >= 0.6 is 0 Å². The first-order valence-corrected chi connectivity index (χ1v) is 12.9. The van der Waals surface area contributed by atoms with Crippen molar-refractivity contribution in [2.45, 2.75) is 64.6 Å². The van der Waals surface area contributed by atoms with E-state index in [2.05, 4.69) is 5.32 Å². The number of nitrogens with one attached hydrogen (secondary N) is 1. The molecule has 0 radical (unpaired) electrons. The van der Waals surface area contributed by atoms with Gasteiger partial charge in [-0.15, -0.1) is 0 Å². The molecular formula is C30H33N3O3. The zero-order valence-corrected chi connectivity index (χ0v) is 21.0. The molecular weight excluding hydrogens is 450 g/mol. The number of anilines is 1. The predicted molar refractivity (Wildman–Crippen MR) is 142 cm³/mol. The van der Waals surface area contributed by atoms with E-state index in [1.54, 1.807) is 9.80 Å². The molecule has 6 heteroatoms. The molecule has 0 bridgehead atoms. The number of amides is 3. The van der Waals surface area contributed by atoms with E-state index in [0.29, 0.717) is 18.5 Å². The normalized spacial score (nSPS) is 15.9. The highest BCUT2D eigenvalue weighted by atomic mass is 16.2. The molecule has 6 nitrogen and oxygen atoms in total. The van der Waals surface area contributed by atoms with Crippen molar-refractivity contribution in [3.8, 4) is 0 Å². The second-order valence-electron chi connectivity index (χ2n) is 9.99. The highest BCUT2D eigenvalue weighted by Gasteiger charge is 2.35. The van der Waals surface area contributed by atoms with Gasteiger partial charge in [-0.1, -0.05) is 73.9 Å². The molecule has 1 aliphatic carbocycles. The Morgan fingerprint density at radius 2 is 1.72 bits per heavy atom. The maximum atomic E-state index is 13.9. The first-order chi connectivity index (χ1) is 17.5. The number of nitrogens with zero attached hydrogens (tertiary/aromatic N) is 2. The van der Waals surface area contributed by atoms with E-state index in [0.717, 1.165) is 53.3 Å². The van der Waals surface area contributed by atoms with Crippen molar-refractivity contribution in [2.75, 3.05) is 11.4 Å². The molecule has 1 heterocycles. The van der Waals surface area contributed by atoms with Crippen molar-refractivity contribution in [2.24, 2.45) is 0 Å². The third kappa shape index (κ3) is 4.60. The van der Waals surface area contributed by atoms with E-state index in [1.165, 1.54) is 0 Å². The molecule has 186 valence electrons. The fourth-order valence-electron chi connectivity index (χ4n) is 5.54. The lowest BCUT2D eigenvalue weighted by molar-refractivity contribution is -0.140. The van der Waals surface area contributed by atoms with E-state index in [1.807, 2.05) is 74.5 Å². The van der Waals surface area contributed by atoms with Gasteiger partial charge in [0.05, 0.1) is 5.69 Å². The largest absolute Gasteiger partial charge is 0.352 e. The van der Waals surface area contributed by atoms with Crippen LogP contribution in [0.5, 0.6) is 0 Å². The lowest BCUT2D eigenvalue weighted by Crippen LogP contribution is -2.53. The van der Waals surface area contributed by atoms with Crippen LogP contribution in [0.3, 0.4) is 0 Å². The quantitative estimate of drug-likeness (QED) is 0.492. The van der Waals surface area contributed by atoms with Crippen molar-refractivity contribution in [1.29, 1.82) is 0 Å². The number of carbonyl (C=O) groups excluding carboxylic acids is 3. The minimum atomic E-state index is -0.602. The van der Waals surface area contributed by atoms with E-state index >= 15 is 0 Å². The van der Waals surface area contributed by atoms with Crippen LogP contribution in [-0.4, -0.2) is 41.2 Å². The summed E-state index contributed by atoms with van der Waals surface area (Å²) in [6.07, 6.45) is 4.71. The van der Waals surface area contributed by atoms with E-state index < -0.39 is 6.04 Å². The van der Waals surface area contributed by atoms with Gasteiger partial charge < -0.3 is 10.2 Å². The number of rotatable bonds is 8. The maximum absolute atomic E-state index is 13.9. The number of hydrogen-bond acceptors (Lipinski definition) is 3. The highest BCUT2D eigenvalue weighted by molar-refractivity contribution is 6.26. The zero-order chi connectivity index (χ0) is 25.2. The van der Waals surface area contributed by atoms with Crippen molar-refractivity contribution in [3.63, 3.8) is 0 Å². The average Bonchev–Trinajstić information content (AvgIpc) is 3.49. The van der Waals surface area contributed by atoms with Gasteiger partial charge in [0, 0.05) is 23.5 Å². The van der Waals surface area contributed by atoms with Crippen LogP contribution in [0.1, 0.15) is 60.5 Å². The fourth-order valence-corrected chi connectivity index (χ4v) is 5.54. The predicted octanol–water partition coefficient (Wildman–Crippen LogP) is 4.97. The summed E-state index contributed by atoms with van der Waals surface area (Å²) in [4.78, 5) is 43.8. The Kier molecular flexibility index (Phi) is 6.77. The van der Waals surface area contributed by atoms with Crippen molar-refractivity contribution < 1.29 is 14.4 Å². The number of benzene rings is 3. The summed E-state index contributed by atoms with van der Waals surface area (Å²) in [6, 6.07) is 19.0. The molecule has 1 atom stereocenters. The van der Waals surface area contributed by atoms with Gasteiger partial charge in [-0.3, -0.25) is 19.3 Å². The van der Waals surface area contributed by atoms with Crippen LogP contribution < -0.4 is 10.2 Å². The maximum Gasteiger partial charge on any atom is 0.259 e. The lowest BCUT2D eigenvalue weighted by atomic mass is 10.1. The minimum absolute atomic E-state index is 0.105. The Bertz CT molecular complexity index is 1290.